The van der Waals surface area contributed by atoms with Crippen molar-refractivity contribution in [2.75, 3.05) is 43.8 Å². The number of aliphatic carboxylic acids is 1. The molecule has 0 spiro atoms. The van der Waals surface area contributed by atoms with E-state index in [1.54, 1.807) is 0 Å². The van der Waals surface area contributed by atoms with Crippen molar-refractivity contribution in [3.63, 3.8) is 0 Å². The van der Waals surface area contributed by atoms with Crippen LogP contribution in [0.4, 0.5) is 17.5 Å². The number of nitrogens with two attached hydrogens (primary N) is 1. The molecule has 1 saturated heterocycles. The van der Waals surface area contributed by atoms with Crippen LogP contribution in [-0.2, 0) is 22.6 Å². The topological polar surface area (TPSA) is 146 Å². The maximum absolute atomic E-state index is 12.8. The summed E-state index contributed by atoms with van der Waals surface area (Å²) in [6.45, 7) is 8.76. The van der Waals surface area contributed by atoms with Gasteiger partial charge in [0.15, 0.2) is 5.78 Å². The Kier molecular flexibility index (Phi) is 8.53. The molecule has 0 unspecified atom stereocenters. The summed E-state index contributed by atoms with van der Waals surface area (Å²) in [6, 6.07) is 7.58. The van der Waals surface area contributed by atoms with Gasteiger partial charge in [-0.05, 0) is 68.8 Å². The quantitative estimate of drug-likeness (QED) is 0.294. The molecule has 2 aliphatic heterocycles. The third-order valence-corrected chi connectivity index (χ3v) is 8.16. The van der Waals surface area contributed by atoms with Gasteiger partial charge in [0, 0.05) is 50.4 Å². The number of aryl methyl sites for hydroxylation is 2. The van der Waals surface area contributed by atoms with Gasteiger partial charge in [-0.2, -0.15) is 4.98 Å². The van der Waals surface area contributed by atoms with Crippen LogP contribution in [0, 0.1) is 12.8 Å². The molecule has 1 aliphatic carbocycles. The standard InChI is InChI=1S/C30H39N7O4/c1-3-20-16-22(9-6-19(20)2)32-24-18-26(39)37(30(31)33-24)11-5-4-10-35-12-14-36(15-13-35)25-17-23(38)27(29(40)41)28(34-25)21-7-8-21/h6,9,16,18,21,32H,3-5,7-8,10-15,17H2,1-2H3,(H2,31,33)(H,40,41). The van der Waals surface area contributed by atoms with Crippen LogP contribution >= 0.6 is 0 Å². The fourth-order valence-electron chi connectivity index (χ4n) is 5.60. The van der Waals surface area contributed by atoms with Gasteiger partial charge >= 0.3 is 5.97 Å². The zero-order chi connectivity index (χ0) is 29.1. The van der Waals surface area contributed by atoms with E-state index in [9.17, 15) is 19.5 Å². The van der Waals surface area contributed by atoms with E-state index in [2.05, 4.69) is 51.1 Å². The van der Waals surface area contributed by atoms with E-state index in [-0.39, 0.29) is 35.2 Å². The molecule has 1 saturated carbocycles. The van der Waals surface area contributed by atoms with Gasteiger partial charge in [0.25, 0.3) is 5.56 Å². The van der Waals surface area contributed by atoms with Crippen molar-refractivity contribution in [2.45, 2.75) is 58.9 Å². The summed E-state index contributed by atoms with van der Waals surface area (Å²) in [4.78, 5) is 50.5. The molecule has 3 aliphatic rings. The van der Waals surface area contributed by atoms with Crippen molar-refractivity contribution in [1.82, 2.24) is 19.4 Å². The average Bonchev–Trinajstić information content (AvgIpc) is 3.78. The monoisotopic (exact) mass is 561 g/mol. The Morgan fingerprint density at radius 3 is 2.49 bits per heavy atom. The number of rotatable bonds is 10. The Labute approximate surface area is 239 Å². The number of carbonyl (C=O) groups is 2. The number of aliphatic imine (C=N–C) groups is 1. The molecule has 4 N–H and O–H groups in total. The first-order valence-corrected chi connectivity index (χ1v) is 14.5. The number of carboxylic acid groups (broad SMARTS) is 1. The summed E-state index contributed by atoms with van der Waals surface area (Å²) in [5.74, 6) is -0.0474. The summed E-state index contributed by atoms with van der Waals surface area (Å²) < 4.78 is 1.52. The molecule has 1 aromatic heterocycles. The molecule has 41 heavy (non-hydrogen) atoms. The lowest BCUT2D eigenvalue weighted by Crippen LogP contribution is -2.50. The Morgan fingerprint density at radius 2 is 1.83 bits per heavy atom. The van der Waals surface area contributed by atoms with E-state index in [1.165, 1.54) is 21.8 Å². The highest BCUT2D eigenvalue weighted by atomic mass is 16.4. The first kappa shape index (κ1) is 28.5. The number of hydrogen-bond acceptors (Lipinski definition) is 9. The lowest BCUT2D eigenvalue weighted by Gasteiger charge is -2.37. The maximum atomic E-state index is 12.8. The molecule has 1 aromatic carbocycles. The number of hydrogen-bond donors (Lipinski definition) is 3. The average molecular weight is 562 g/mol. The Morgan fingerprint density at radius 1 is 1.10 bits per heavy atom. The molecule has 0 atom stereocenters. The fraction of sp³-hybridized carbons (Fsp3) is 0.500. The maximum Gasteiger partial charge on any atom is 0.341 e. The van der Waals surface area contributed by atoms with Gasteiger partial charge in [0.2, 0.25) is 5.95 Å². The normalized spacial score (nSPS) is 18.0. The van der Waals surface area contributed by atoms with Crippen molar-refractivity contribution < 1.29 is 14.7 Å². The second-order valence-corrected chi connectivity index (χ2v) is 11.1. The van der Waals surface area contributed by atoms with Crippen LogP contribution in [0.2, 0.25) is 0 Å². The summed E-state index contributed by atoms with van der Waals surface area (Å²) in [7, 11) is 0. The first-order chi connectivity index (χ1) is 19.7. The number of unbranched alkanes of at least 4 members (excludes halogenated alkanes) is 1. The number of piperazine rings is 1. The molecule has 0 bridgehead atoms. The van der Waals surface area contributed by atoms with E-state index in [0.29, 0.717) is 23.9 Å². The molecule has 2 aromatic rings. The van der Waals surface area contributed by atoms with E-state index in [0.717, 1.165) is 70.5 Å². The number of nitrogens with one attached hydrogen (secondary N) is 1. The molecule has 0 radical (unpaired) electrons. The van der Waals surface area contributed by atoms with E-state index >= 15 is 0 Å². The van der Waals surface area contributed by atoms with Crippen molar-refractivity contribution in [3.8, 4) is 0 Å². The van der Waals surface area contributed by atoms with Crippen molar-refractivity contribution >= 4 is 35.0 Å². The highest BCUT2D eigenvalue weighted by Crippen LogP contribution is 2.41. The fourth-order valence-corrected chi connectivity index (χ4v) is 5.60. The number of amidine groups is 1. The molecule has 11 nitrogen and oxygen atoms in total. The SMILES string of the molecule is CCc1cc(Nc2cc(=O)n(CCCCN3CCN(C4=NC(C5CC5)=C(C(=O)O)C(=O)C4)CC3)c(N)n2)ccc1C. The van der Waals surface area contributed by atoms with Crippen LogP contribution in [0.25, 0.3) is 0 Å². The van der Waals surface area contributed by atoms with Crippen molar-refractivity contribution in [3.05, 3.63) is 57.0 Å². The van der Waals surface area contributed by atoms with E-state index in [4.69, 9.17) is 5.73 Å². The molecule has 5 rings (SSSR count). The Bertz CT molecular complexity index is 1450. The molecule has 11 heteroatoms. The minimum atomic E-state index is -1.16. The van der Waals surface area contributed by atoms with Crippen molar-refractivity contribution in [1.29, 1.82) is 0 Å². The third kappa shape index (κ3) is 6.67. The second-order valence-electron chi connectivity index (χ2n) is 11.1. The smallest absolute Gasteiger partial charge is 0.341 e. The molecule has 3 heterocycles. The minimum Gasteiger partial charge on any atom is -0.477 e. The van der Waals surface area contributed by atoms with Crippen LogP contribution < -0.4 is 16.6 Å². The van der Waals surface area contributed by atoms with Gasteiger partial charge in [-0.3, -0.25) is 19.1 Å². The summed E-state index contributed by atoms with van der Waals surface area (Å²) >= 11 is 0. The number of carboxylic acids is 1. The van der Waals surface area contributed by atoms with Crippen LogP contribution in [0.3, 0.4) is 0 Å². The largest absolute Gasteiger partial charge is 0.477 e. The molecule has 2 fully saturated rings. The number of aromatic nitrogens is 2. The van der Waals surface area contributed by atoms with Gasteiger partial charge < -0.3 is 21.1 Å². The first-order valence-electron chi connectivity index (χ1n) is 14.5. The lowest BCUT2D eigenvalue weighted by molar-refractivity contribution is -0.134. The predicted molar refractivity (Wildman–Crippen MR) is 158 cm³/mol. The van der Waals surface area contributed by atoms with Gasteiger partial charge in [-0.15, -0.1) is 0 Å². The molecule has 0 amide bonds. The van der Waals surface area contributed by atoms with Crippen LogP contribution in [0.5, 0.6) is 0 Å². The van der Waals surface area contributed by atoms with Gasteiger partial charge in [0.1, 0.15) is 17.2 Å². The number of nitrogen functional groups attached to an aromatic ring is 1. The number of benzene rings is 1. The van der Waals surface area contributed by atoms with Crippen molar-refractivity contribution in [2.24, 2.45) is 10.9 Å². The number of Topliss-reactive ketones (excluding diaryl/α,β-unsaturated/α-hetero) is 1. The summed E-state index contributed by atoms with van der Waals surface area (Å²) in [5, 5.41) is 12.7. The lowest BCUT2D eigenvalue weighted by atomic mass is 9.99. The Hall–Kier alpha value is -3.99. The summed E-state index contributed by atoms with van der Waals surface area (Å²) in [6.07, 6.45) is 4.48. The van der Waals surface area contributed by atoms with E-state index < -0.39 is 5.97 Å². The van der Waals surface area contributed by atoms with E-state index in [1.807, 2.05) is 6.07 Å². The van der Waals surface area contributed by atoms with Gasteiger partial charge in [0.05, 0.1) is 12.1 Å². The van der Waals surface area contributed by atoms with Gasteiger partial charge in [-0.1, -0.05) is 13.0 Å². The summed E-state index contributed by atoms with van der Waals surface area (Å²) in [5.41, 5.74) is 9.69. The number of ketones is 1. The number of allylic oxidation sites excluding steroid dienone is 1. The number of nitrogens with zero attached hydrogens (tertiary/aromatic N) is 5. The zero-order valence-corrected chi connectivity index (χ0v) is 23.9. The van der Waals surface area contributed by atoms with Gasteiger partial charge in [-0.25, -0.2) is 9.79 Å². The molecular formula is C30H39N7O4. The number of anilines is 3. The second kappa shape index (κ2) is 12.3. The highest BCUT2D eigenvalue weighted by Gasteiger charge is 2.38. The minimum absolute atomic E-state index is 0.0567. The highest BCUT2D eigenvalue weighted by molar-refractivity contribution is 6.24. The number of carbonyl (C=O) groups excluding carboxylic acids is 1. The third-order valence-electron chi connectivity index (χ3n) is 8.16. The Balaban J connectivity index is 1.09. The van der Waals surface area contributed by atoms with Crippen LogP contribution in [-0.4, -0.2) is 74.8 Å². The predicted octanol–water partition coefficient (Wildman–Crippen LogP) is 2.96. The van der Waals surface area contributed by atoms with Crippen LogP contribution in [0.1, 0.15) is 50.2 Å². The zero-order valence-electron chi connectivity index (χ0n) is 23.9. The molecule has 218 valence electrons. The van der Waals surface area contributed by atoms with Crippen LogP contribution in [0.15, 0.2) is 45.3 Å². The molecular weight excluding hydrogens is 522 g/mol.